The number of halogens is 3. The molecule has 0 N–H and O–H groups in total. The molecule has 0 aliphatic heterocycles. The molecule has 0 saturated heterocycles. The number of ether oxygens (including phenoxy) is 1. The Balaban J connectivity index is 2.01. The highest BCUT2D eigenvalue weighted by atomic mass is 19.4. The van der Waals surface area contributed by atoms with Gasteiger partial charge < -0.3 is 4.74 Å². The quantitative estimate of drug-likeness (QED) is 0.560. The molecule has 2 heterocycles. The Morgan fingerprint density at radius 3 is 2.64 bits per heavy atom. The molecule has 2 aromatic heterocycles. The van der Waals surface area contributed by atoms with Crippen LogP contribution >= 0.6 is 0 Å². The molecule has 0 spiro atoms. The first kappa shape index (κ1) is 15.2. The van der Waals surface area contributed by atoms with Crippen LogP contribution in [-0.4, -0.2) is 25.5 Å². The van der Waals surface area contributed by atoms with Gasteiger partial charge in [0.05, 0.1) is 16.6 Å². The number of nitrogens with zero attached hydrogens (tertiary/aromatic N) is 4. The van der Waals surface area contributed by atoms with E-state index in [4.69, 9.17) is 0 Å². The van der Waals surface area contributed by atoms with Crippen molar-refractivity contribution in [2.24, 2.45) is 0 Å². The summed E-state index contributed by atoms with van der Waals surface area (Å²) in [6.07, 6.45) is -3.39. The van der Waals surface area contributed by atoms with Gasteiger partial charge in [-0.2, -0.15) is 0 Å². The molecule has 4 aromatic rings. The van der Waals surface area contributed by atoms with Crippen LogP contribution in [0.2, 0.25) is 0 Å². The van der Waals surface area contributed by atoms with Crippen LogP contribution in [0.5, 0.6) is 5.75 Å². The molecule has 0 unspecified atom stereocenters. The average molecular weight is 346 g/mol. The number of hydrogen-bond donors (Lipinski definition) is 0. The first-order chi connectivity index (χ1) is 11.9. The normalized spacial score (nSPS) is 12.0. The third-order valence-corrected chi connectivity index (χ3v) is 3.64. The van der Waals surface area contributed by atoms with Crippen LogP contribution in [-0.2, 0) is 0 Å². The van der Waals surface area contributed by atoms with Crippen molar-refractivity contribution in [1.29, 1.82) is 0 Å². The summed E-state index contributed by atoms with van der Waals surface area (Å²) in [4.78, 5) is 12.9. The third-order valence-electron chi connectivity index (χ3n) is 3.64. The summed E-state index contributed by atoms with van der Waals surface area (Å²) in [5.74, 6) is -0.240. The molecule has 0 atom stereocenters. The van der Waals surface area contributed by atoms with Crippen LogP contribution in [0.4, 0.5) is 13.2 Å². The third kappa shape index (κ3) is 2.59. The molecule has 25 heavy (non-hydrogen) atoms. The summed E-state index contributed by atoms with van der Waals surface area (Å²) in [5, 5.41) is 8.11. The molecule has 0 saturated carbocycles. The molecule has 0 fully saturated rings. The van der Waals surface area contributed by atoms with Gasteiger partial charge in [0, 0.05) is 6.07 Å². The summed E-state index contributed by atoms with van der Waals surface area (Å²) in [7, 11) is 0. The maximum Gasteiger partial charge on any atom is 0.573 e. The van der Waals surface area contributed by atoms with Gasteiger partial charge in [-0.1, -0.05) is 18.2 Å². The molecule has 2 aromatic carbocycles. The minimum Gasteiger partial charge on any atom is -0.406 e. The predicted octanol–water partition coefficient (Wildman–Crippen LogP) is 2.93. The van der Waals surface area contributed by atoms with Crippen molar-refractivity contribution in [3.05, 3.63) is 65.2 Å². The van der Waals surface area contributed by atoms with Gasteiger partial charge in [0.25, 0.3) is 5.56 Å². The first-order valence-corrected chi connectivity index (χ1v) is 7.14. The van der Waals surface area contributed by atoms with E-state index in [2.05, 4.69) is 14.9 Å². The number of rotatable bonds is 2. The van der Waals surface area contributed by atoms with E-state index >= 15 is 0 Å². The fourth-order valence-electron chi connectivity index (χ4n) is 2.68. The van der Waals surface area contributed by atoms with Crippen molar-refractivity contribution in [2.45, 2.75) is 6.36 Å². The van der Waals surface area contributed by atoms with E-state index in [1.807, 2.05) is 0 Å². The summed E-state index contributed by atoms with van der Waals surface area (Å²) in [6.45, 7) is 0. The molecule has 6 nitrogen and oxygen atoms in total. The number of benzene rings is 2. The second-order valence-corrected chi connectivity index (χ2v) is 5.20. The van der Waals surface area contributed by atoms with Crippen molar-refractivity contribution in [1.82, 2.24) is 19.2 Å². The van der Waals surface area contributed by atoms with Gasteiger partial charge in [-0.15, -0.1) is 23.4 Å². The standard InChI is InChI=1S/C16H9F3N4O2/c17-16(18,19)25-11-5-3-4-10(8-11)23-14(24)12-6-1-2-7-13(12)22-9-20-21-15(22)23/h1-9H. The molecule has 0 bridgehead atoms. The minimum absolute atomic E-state index is 0.188. The van der Waals surface area contributed by atoms with Crippen LogP contribution < -0.4 is 10.3 Å². The zero-order valence-corrected chi connectivity index (χ0v) is 12.4. The highest BCUT2D eigenvalue weighted by molar-refractivity contribution is 5.80. The predicted molar refractivity (Wildman–Crippen MR) is 82.8 cm³/mol. The van der Waals surface area contributed by atoms with Crippen LogP contribution in [0.15, 0.2) is 59.7 Å². The molecule has 0 aliphatic rings. The Morgan fingerprint density at radius 1 is 1.04 bits per heavy atom. The zero-order chi connectivity index (χ0) is 17.6. The van der Waals surface area contributed by atoms with Crippen molar-refractivity contribution in [2.75, 3.05) is 0 Å². The van der Waals surface area contributed by atoms with Crippen LogP contribution in [0.3, 0.4) is 0 Å². The van der Waals surface area contributed by atoms with E-state index in [0.29, 0.717) is 10.9 Å². The zero-order valence-electron chi connectivity index (χ0n) is 12.4. The highest BCUT2D eigenvalue weighted by Gasteiger charge is 2.31. The Morgan fingerprint density at radius 2 is 1.84 bits per heavy atom. The first-order valence-electron chi connectivity index (χ1n) is 7.14. The van der Waals surface area contributed by atoms with Crippen LogP contribution in [0.25, 0.3) is 22.4 Å². The fraction of sp³-hybridized carbons (Fsp3) is 0.0625. The highest BCUT2D eigenvalue weighted by Crippen LogP contribution is 2.25. The van der Waals surface area contributed by atoms with E-state index in [1.165, 1.54) is 23.0 Å². The monoisotopic (exact) mass is 346 g/mol. The van der Waals surface area contributed by atoms with Crippen molar-refractivity contribution in [3.8, 4) is 11.4 Å². The number of para-hydroxylation sites is 1. The lowest BCUT2D eigenvalue weighted by Crippen LogP contribution is -2.22. The maximum absolute atomic E-state index is 12.9. The lowest BCUT2D eigenvalue weighted by molar-refractivity contribution is -0.274. The summed E-state index contributed by atoms with van der Waals surface area (Å²) < 4.78 is 44.1. The number of alkyl halides is 3. The summed E-state index contributed by atoms with van der Waals surface area (Å²) >= 11 is 0. The Hall–Kier alpha value is -3.36. The lowest BCUT2D eigenvalue weighted by Gasteiger charge is -2.12. The lowest BCUT2D eigenvalue weighted by atomic mass is 10.2. The van der Waals surface area contributed by atoms with Gasteiger partial charge in [0.15, 0.2) is 0 Å². The van der Waals surface area contributed by atoms with Crippen molar-refractivity contribution < 1.29 is 17.9 Å². The Kier molecular flexibility index (Phi) is 3.24. The van der Waals surface area contributed by atoms with E-state index < -0.39 is 17.7 Å². The molecule has 0 aliphatic carbocycles. The molecule has 4 rings (SSSR count). The largest absolute Gasteiger partial charge is 0.573 e. The topological polar surface area (TPSA) is 61.4 Å². The van der Waals surface area contributed by atoms with Crippen LogP contribution in [0.1, 0.15) is 0 Å². The maximum atomic E-state index is 12.9. The van der Waals surface area contributed by atoms with E-state index in [-0.39, 0.29) is 11.5 Å². The number of fused-ring (bicyclic) bond motifs is 3. The summed E-state index contributed by atoms with van der Waals surface area (Å²) in [6, 6.07) is 12.0. The molecule has 0 amide bonds. The van der Waals surface area contributed by atoms with E-state index in [9.17, 15) is 18.0 Å². The van der Waals surface area contributed by atoms with Gasteiger partial charge in [-0.25, -0.2) is 4.57 Å². The van der Waals surface area contributed by atoms with E-state index in [1.54, 1.807) is 28.7 Å². The molecular weight excluding hydrogens is 337 g/mol. The Bertz CT molecular complexity index is 1150. The molecule has 126 valence electrons. The average Bonchev–Trinajstić information content (AvgIpc) is 3.03. The molecular formula is C16H9F3N4O2. The van der Waals surface area contributed by atoms with Crippen LogP contribution in [0, 0.1) is 0 Å². The fourth-order valence-corrected chi connectivity index (χ4v) is 2.68. The Labute approximate surface area is 137 Å². The molecule has 9 heteroatoms. The van der Waals surface area contributed by atoms with Gasteiger partial charge >= 0.3 is 6.36 Å². The SMILES string of the molecule is O=c1c2ccccc2n2cnnc2n1-c1cccc(OC(F)(F)F)c1. The number of aromatic nitrogens is 4. The molecule has 0 radical (unpaired) electrons. The van der Waals surface area contributed by atoms with Gasteiger partial charge in [-0.05, 0) is 24.3 Å². The summed E-state index contributed by atoms with van der Waals surface area (Å²) in [5.41, 5.74) is 0.377. The van der Waals surface area contributed by atoms with Gasteiger partial charge in [0.1, 0.15) is 12.1 Å². The number of hydrogen-bond acceptors (Lipinski definition) is 4. The minimum atomic E-state index is -4.82. The van der Waals surface area contributed by atoms with Crippen molar-refractivity contribution in [3.63, 3.8) is 0 Å². The van der Waals surface area contributed by atoms with Crippen molar-refractivity contribution >= 4 is 16.7 Å². The van der Waals surface area contributed by atoms with E-state index in [0.717, 1.165) is 12.1 Å². The van der Waals surface area contributed by atoms with Gasteiger partial charge in [-0.3, -0.25) is 9.20 Å². The van der Waals surface area contributed by atoms with Gasteiger partial charge in [0.2, 0.25) is 5.78 Å². The second-order valence-electron chi connectivity index (χ2n) is 5.20. The smallest absolute Gasteiger partial charge is 0.406 e. The second kappa shape index (κ2) is 5.33.